The maximum atomic E-state index is 5.42. The number of hydrogen-bond acceptors (Lipinski definition) is 6. The molecule has 29 heavy (non-hydrogen) atoms. The van der Waals surface area contributed by atoms with Crippen LogP contribution in [0.1, 0.15) is 11.1 Å². The van der Waals surface area contributed by atoms with Gasteiger partial charge in [-0.3, -0.25) is 0 Å². The van der Waals surface area contributed by atoms with Crippen molar-refractivity contribution in [3.8, 4) is 5.75 Å². The van der Waals surface area contributed by atoms with E-state index >= 15 is 0 Å². The van der Waals surface area contributed by atoms with Crippen LogP contribution in [0, 0.1) is 6.92 Å². The molecule has 2 aromatic carbocycles. The molecule has 1 aromatic heterocycles. The molecule has 6 heteroatoms. The first-order valence-electron chi connectivity index (χ1n) is 9.97. The number of aromatic nitrogens is 2. The molecule has 1 aliphatic rings. The van der Waals surface area contributed by atoms with E-state index in [2.05, 4.69) is 62.3 Å². The second-order valence-electron chi connectivity index (χ2n) is 7.24. The molecule has 1 fully saturated rings. The highest BCUT2D eigenvalue weighted by Crippen LogP contribution is 2.22. The van der Waals surface area contributed by atoms with Crippen molar-refractivity contribution >= 4 is 17.3 Å². The molecule has 0 unspecified atom stereocenters. The average Bonchev–Trinajstić information content (AvgIpc) is 2.78. The minimum Gasteiger partial charge on any atom is -0.496 e. The Morgan fingerprint density at radius 3 is 2.52 bits per heavy atom. The van der Waals surface area contributed by atoms with E-state index in [9.17, 15) is 0 Å². The molecule has 0 amide bonds. The lowest BCUT2D eigenvalue weighted by Gasteiger charge is -2.36. The third kappa shape index (κ3) is 4.59. The molecule has 4 rings (SSSR count). The molecule has 6 nitrogen and oxygen atoms in total. The molecule has 150 valence electrons. The number of nitrogens with one attached hydrogen (secondary N) is 1. The van der Waals surface area contributed by atoms with Crippen molar-refractivity contribution in [1.29, 1.82) is 0 Å². The summed E-state index contributed by atoms with van der Waals surface area (Å²) < 4.78 is 5.42. The van der Waals surface area contributed by atoms with Gasteiger partial charge < -0.3 is 19.9 Å². The second-order valence-corrected chi connectivity index (χ2v) is 7.24. The standard InChI is InChI=1S/C23H27N5O/c1-18-6-5-8-20(14-18)27-10-12-28(13-11-27)23-15-22(25-17-26-23)24-16-19-7-3-4-9-21(19)29-2/h3-9,14-15,17H,10-13,16H2,1-2H3,(H,24,25,26). The predicted octanol–water partition coefficient (Wildman–Crippen LogP) is 3.73. The number of rotatable bonds is 6. The molecule has 1 aliphatic heterocycles. The highest BCUT2D eigenvalue weighted by Gasteiger charge is 2.19. The van der Waals surface area contributed by atoms with Crippen LogP contribution in [0.3, 0.4) is 0 Å². The lowest BCUT2D eigenvalue weighted by molar-refractivity contribution is 0.410. The fraction of sp³-hybridized carbons (Fsp3) is 0.304. The fourth-order valence-corrected chi connectivity index (χ4v) is 3.67. The quantitative estimate of drug-likeness (QED) is 0.693. The van der Waals surface area contributed by atoms with Crippen LogP contribution in [0.25, 0.3) is 0 Å². The van der Waals surface area contributed by atoms with Crippen LogP contribution < -0.4 is 19.9 Å². The number of anilines is 3. The summed E-state index contributed by atoms with van der Waals surface area (Å²) in [4.78, 5) is 13.6. The summed E-state index contributed by atoms with van der Waals surface area (Å²) in [5, 5.41) is 3.39. The molecule has 0 saturated carbocycles. The second kappa shape index (κ2) is 8.82. The van der Waals surface area contributed by atoms with Gasteiger partial charge in [0.2, 0.25) is 0 Å². The van der Waals surface area contributed by atoms with Gasteiger partial charge in [-0.05, 0) is 30.7 Å². The first-order valence-corrected chi connectivity index (χ1v) is 9.97. The van der Waals surface area contributed by atoms with Gasteiger partial charge in [0.15, 0.2) is 0 Å². The van der Waals surface area contributed by atoms with Crippen molar-refractivity contribution in [3.63, 3.8) is 0 Å². The Kier molecular flexibility index (Phi) is 5.79. The third-order valence-electron chi connectivity index (χ3n) is 5.28. The normalized spacial score (nSPS) is 14.0. The van der Waals surface area contributed by atoms with Crippen molar-refractivity contribution in [1.82, 2.24) is 9.97 Å². The summed E-state index contributed by atoms with van der Waals surface area (Å²) in [6.07, 6.45) is 1.63. The maximum absolute atomic E-state index is 5.42. The van der Waals surface area contributed by atoms with E-state index in [0.29, 0.717) is 6.54 Å². The summed E-state index contributed by atoms with van der Waals surface area (Å²) in [6, 6.07) is 18.7. The maximum Gasteiger partial charge on any atom is 0.134 e. The van der Waals surface area contributed by atoms with Gasteiger partial charge in [-0.25, -0.2) is 9.97 Å². The van der Waals surface area contributed by atoms with Gasteiger partial charge in [-0.15, -0.1) is 0 Å². The van der Waals surface area contributed by atoms with Crippen molar-refractivity contribution < 1.29 is 4.74 Å². The van der Waals surface area contributed by atoms with Gasteiger partial charge in [-0.1, -0.05) is 30.3 Å². The smallest absolute Gasteiger partial charge is 0.134 e. The Morgan fingerprint density at radius 2 is 1.72 bits per heavy atom. The first kappa shape index (κ1) is 19.1. The molecule has 0 spiro atoms. The Morgan fingerprint density at radius 1 is 0.931 bits per heavy atom. The van der Waals surface area contributed by atoms with Gasteiger partial charge in [0, 0.05) is 50.0 Å². The third-order valence-corrected chi connectivity index (χ3v) is 5.28. The van der Waals surface area contributed by atoms with E-state index < -0.39 is 0 Å². The van der Waals surface area contributed by atoms with Crippen molar-refractivity contribution in [2.45, 2.75) is 13.5 Å². The van der Waals surface area contributed by atoms with Crippen LogP contribution in [0.15, 0.2) is 60.9 Å². The van der Waals surface area contributed by atoms with Crippen LogP contribution in [-0.2, 0) is 6.54 Å². The molecule has 1 N–H and O–H groups in total. The van der Waals surface area contributed by atoms with Gasteiger partial charge in [0.25, 0.3) is 0 Å². The number of methoxy groups -OCH3 is 1. The topological polar surface area (TPSA) is 53.5 Å². The van der Waals surface area contributed by atoms with Crippen molar-refractivity contribution in [3.05, 3.63) is 72.1 Å². The number of aryl methyl sites for hydroxylation is 1. The summed E-state index contributed by atoms with van der Waals surface area (Å²) >= 11 is 0. The average molecular weight is 390 g/mol. The van der Waals surface area contributed by atoms with Gasteiger partial charge in [0.1, 0.15) is 23.7 Å². The van der Waals surface area contributed by atoms with Crippen LogP contribution in [0.4, 0.5) is 17.3 Å². The molecular weight excluding hydrogens is 362 g/mol. The van der Waals surface area contributed by atoms with E-state index in [-0.39, 0.29) is 0 Å². The molecule has 3 aromatic rings. The van der Waals surface area contributed by atoms with Gasteiger partial charge >= 0.3 is 0 Å². The number of para-hydroxylation sites is 1. The Labute approximate surface area is 172 Å². The van der Waals surface area contributed by atoms with Crippen LogP contribution in [0.5, 0.6) is 5.75 Å². The van der Waals surface area contributed by atoms with E-state index in [1.807, 2.05) is 24.3 Å². The molecule has 0 aliphatic carbocycles. The Balaban J connectivity index is 1.38. The monoisotopic (exact) mass is 389 g/mol. The van der Waals surface area contributed by atoms with Gasteiger partial charge in [0.05, 0.1) is 7.11 Å². The summed E-state index contributed by atoms with van der Waals surface area (Å²) in [6.45, 7) is 6.64. The first-order chi connectivity index (χ1) is 14.2. The summed E-state index contributed by atoms with van der Waals surface area (Å²) in [5.74, 6) is 2.66. The highest BCUT2D eigenvalue weighted by atomic mass is 16.5. The minimum atomic E-state index is 0.654. The van der Waals surface area contributed by atoms with Crippen LogP contribution >= 0.6 is 0 Å². The van der Waals surface area contributed by atoms with Gasteiger partial charge in [-0.2, -0.15) is 0 Å². The van der Waals surface area contributed by atoms with E-state index in [1.54, 1.807) is 13.4 Å². The SMILES string of the molecule is COc1ccccc1CNc1cc(N2CCN(c3cccc(C)c3)CC2)ncn1. The highest BCUT2D eigenvalue weighted by molar-refractivity contribution is 5.53. The number of piperazine rings is 1. The summed E-state index contributed by atoms with van der Waals surface area (Å²) in [7, 11) is 1.69. The molecule has 0 radical (unpaired) electrons. The largest absolute Gasteiger partial charge is 0.496 e. The molecule has 0 atom stereocenters. The number of nitrogens with zero attached hydrogens (tertiary/aromatic N) is 4. The zero-order valence-corrected chi connectivity index (χ0v) is 17.0. The molecule has 2 heterocycles. The zero-order valence-electron chi connectivity index (χ0n) is 17.0. The summed E-state index contributed by atoms with van der Waals surface area (Å²) in [5.41, 5.74) is 3.69. The van der Waals surface area contributed by atoms with E-state index in [0.717, 1.165) is 49.1 Å². The van der Waals surface area contributed by atoms with Crippen molar-refractivity contribution in [2.75, 3.05) is 48.4 Å². The molecular formula is C23H27N5O. The van der Waals surface area contributed by atoms with E-state index in [4.69, 9.17) is 4.74 Å². The van der Waals surface area contributed by atoms with Crippen LogP contribution in [0.2, 0.25) is 0 Å². The number of ether oxygens (including phenoxy) is 1. The minimum absolute atomic E-state index is 0.654. The van der Waals surface area contributed by atoms with E-state index in [1.165, 1.54) is 11.3 Å². The molecule has 1 saturated heterocycles. The molecule has 0 bridgehead atoms. The lowest BCUT2D eigenvalue weighted by Crippen LogP contribution is -2.46. The van der Waals surface area contributed by atoms with Crippen LogP contribution in [-0.4, -0.2) is 43.3 Å². The predicted molar refractivity (Wildman–Crippen MR) is 118 cm³/mol. The number of benzene rings is 2. The zero-order chi connectivity index (χ0) is 20.1. The Bertz CT molecular complexity index is 953. The Hall–Kier alpha value is -3.28. The lowest BCUT2D eigenvalue weighted by atomic mass is 10.2. The number of hydrogen-bond donors (Lipinski definition) is 1. The fourth-order valence-electron chi connectivity index (χ4n) is 3.67. The van der Waals surface area contributed by atoms with Crippen molar-refractivity contribution in [2.24, 2.45) is 0 Å².